The number of hydrogen-bond acceptors (Lipinski definition) is 4. The van der Waals surface area contributed by atoms with E-state index in [1.54, 1.807) is 20.8 Å². The number of carbonyl (C=O) groups is 3. The van der Waals surface area contributed by atoms with Gasteiger partial charge < -0.3 is 25.8 Å². The number of aliphatic carboxylic acids is 1. The van der Waals surface area contributed by atoms with Gasteiger partial charge in [0.05, 0.1) is 6.04 Å². The fourth-order valence-corrected chi connectivity index (χ4v) is 2.38. The number of hydrogen-bond donors (Lipinski definition) is 4. The number of nitrogens with one attached hydrogen (secondary N) is 3. The highest BCUT2D eigenvalue weighted by Crippen LogP contribution is 2.13. The van der Waals surface area contributed by atoms with Crippen molar-refractivity contribution in [2.45, 2.75) is 77.1 Å². The molecule has 132 valence electrons. The summed E-state index contributed by atoms with van der Waals surface area (Å²) in [6, 6.07) is -1.02. The highest BCUT2D eigenvalue weighted by Gasteiger charge is 2.28. The standard InChI is InChI=1S/C15H27N3O5/c1-9-10(17-13(21)16-9)7-5-6-8-11(12(19)20)18-14(22)23-15(2,3)4/h9-11H,5-8H2,1-4H3,(H,18,22)(H,19,20)(H2,16,17,21)/t9-,10+,11-/m0/s1. The number of unbranched alkanes of at least 4 members (excludes halogenated alkanes) is 1. The maximum Gasteiger partial charge on any atom is 0.408 e. The zero-order valence-electron chi connectivity index (χ0n) is 14.1. The second-order valence-electron chi connectivity index (χ2n) is 6.83. The first kappa shape index (κ1) is 19.1. The van der Waals surface area contributed by atoms with E-state index in [1.165, 1.54) is 0 Å². The van der Waals surface area contributed by atoms with Crippen molar-refractivity contribution in [2.24, 2.45) is 0 Å². The van der Waals surface area contributed by atoms with Crippen LogP contribution in [0.25, 0.3) is 0 Å². The van der Waals surface area contributed by atoms with Crippen molar-refractivity contribution < 1.29 is 24.2 Å². The molecule has 0 saturated carbocycles. The molecular weight excluding hydrogens is 302 g/mol. The lowest BCUT2D eigenvalue weighted by molar-refractivity contribution is -0.139. The van der Waals surface area contributed by atoms with Crippen LogP contribution in [0.3, 0.4) is 0 Å². The molecule has 0 aromatic carbocycles. The van der Waals surface area contributed by atoms with Crippen molar-refractivity contribution in [1.82, 2.24) is 16.0 Å². The van der Waals surface area contributed by atoms with Gasteiger partial charge in [0.2, 0.25) is 0 Å². The lowest BCUT2D eigenvalue weighted by Crippen LogP contribution is -2.43. The van der Waals surface area contributed by atoms with Crippen LogP contribution in [0.15, 0.2) is 0 Å². The first-order chi connectivity index (χ1) is 10.6. The van der Waals surface area contributed by atoms with E-state index in [0.29, 0.717) is 12.8 Å². The number of ether oxygens (including phenoxy) is 1. The summed E-state index contributed by atoms with van der Waals surface area (Å²) in [5.74, 6) is -1.08. The van der Waals surface area contributed by atoms with E-state index < -0.39 is 23.7 Å². The SMILES string of the molecule is C[C@@H]1NC(=O)N[C@@H]1CCCC[C@H](NC(=O)OC(C)(C)C)C(=O)O. The van der Waals surface area contributed by atoms with E-state index in [-0.39, 0.29) is 18.1 Å². The molecule has 1 rings (SSSR count). The summed E-state index contributed by atoms with van der Waals surface area (Å²) >= 11 is 0. The van der Waals surface area contributed by atoms with E-state index in [2.05, 4.69) is 16.0 Å². The third-order valence-electron chi connectivity index (χ3n) is 3.53. The molecule has 1 saturated heterocycles. The number of urea groups is 1. The van der Waals surface area contributed by atoms with Crippen LogP contribution >= 0.6 is 0 Å². The number of rotatable bonds is 7. The van der Waals surface area contributed by atoms with Crippen LogP contribution in [-0.2, 0) is 9.53 Å². The van der Waals surface area contributed by atoms with Crippen LogP contribution in [0.4, 0.5) is 9.59 Å². The Morgan fingerprint density at radius 3 is 2.43 bits per heavy atom. The molecule has 1 aliphatic rings. The van der Waals surface area contributed by atoms with Gasteiger partial charge in [-0.3, -0.25) is 0 Å². The van der Waals surface area contributed by atoms with Gasteiger partial charge in [0.1, 0.15) is 11.6 Å². The summed E-state index contributed by atoms with van der Waals surface area (Å²) in [5, 5.41) is 17.1. The predicted molar refractivity (Wildman–Crippen MR) is 84.2 cm³/mol. The molecule has 23 heavy (non-hydrogen) atoms. The van der Waals surface area contributed by atoms with E-state index in [9.17, 15) is 19.5 Å². The van der Waals surface area contributed by atoms with Crippen molar-refractivity contribution in [2.75, 3.05) is 0 Å². The highest BCUT2D eigenvalue weighted by molar-refractivity contribution is 5.80. The average Bonchev–Trinajstić information content (AvgIpc) is 2.69. The Kier molecular flexibility index (Phi) is 6.65. The van der Waals surface area contributed by atoms with Crippen LogP contribution < -0.4 is 16.0 Å². The molecule has 1 heterocycles. The van der Waals surface area contributed by atoms with E-state index in [4.69, 9.17) is 4.74 Å². The van der Waals surface area contributed by atoms with Crippen molar-refractivity contribution in [3.05, 3.63) is 0 Å². The second kappa shape index (κ2) is 8.03. The molecule has 0 unspecified atom stereocenters. The quantitative estimate of drug-likeness (QED) is 0.529. The van der Waals surface area contributed by atoms with Crippen molar-refractivity contribution in [3.8, 4) is 0 Å². The summed E-state index contributed by atoms with van der Waals surface area (Å²) in [6.07, 6.45) is 1.74. The first-order valence-corrected chi connectivity index (χ1v) is 7.88. The molecule has 0 aliphatic carbocycles. The molecule has 3 atom stereocenters. The Balaban J connectivity index is 2.32. The molecule has 1 aliphatic heterocycles. The predicted octanol–water partition coefficient (Wildman–Crippen LogP) is 1.59. The van der Waals surface area contributed by atoms with Gasteiger partial charge in [-0.05, 0) is 40.5 Å². The van der Waals surface area contributed by atoms with Gasteiger partial charge in [-0.1, -0.05) is 12.8 Å². The minimum absolute atomic E-state index is 0.0598. The lowest BCUT2D eigenvalue weighted by Gasteiger charge is -2.22. The summed E-state index contributed by atoms with van der Waals surface area (Å²) < 4.78 is 5.06. The molecule has 0 aromatic rings. The summed E-state index contributed by atoms with van der Waals surface area (Å²) in [4.78, 5) is 34.0. The van der Waals surface area contributed by atoms with Crippen molar-refractivity contribution in [1.29, 1.82) is 0 Å². The Hall–Kier alpha value is -1.99. The summed E-state index contributed by atoms with van der Waals surface area (Å²) in [7, 11) is 0. The monoisotopic (exact) mass is 329 g/mol. The molecule has 0 spiro atoms. The number of carboxylic acids is 1. The van der Waals surface area contributed by atoms with Gasteiger partial charge in [-0.25, -0.2) is 14.4 Å². The zero-order valence-corrected chi connectivity index (χ0v) is 14.1. The number of carbonyl (C=O) groups excluding carboxylic acids is 2. The van der Waals surface area contributed by atoms with Gasteiger partial charge >= 0.3 is 18.1 Å². The van der Waals surface area contributed by atoms with Crippen LogP contribution in [0.2, 0.25) is 0 Å². The Bertz CT molecular complexity index is 447. The molecule has 8 heteroatoms. The van der Waals surface area contributed by atoms with Crippen LogP contribution in [0, 0.1) is 0 Å². The third kappa shape index (κ3) is 7.21. The Morgan fingerprint density at radius 2 is 1.96 bits per heavy atom. The maximum absolute atomic E-state index is 11.6. The third-order valence-corrected chi connectivity index (χ3v) is 3.53. The number of amides is 3. The van der Waals surface area contributed by atoms with Gasteiger partial charge in [0.15, 0.2) is 0 Å². The van der Waals surface area contributed by atoms with Gasteiger partial charge in [-0.15, -0.1) is 0 Å². The molecule has 3 amide bonds. The normalized spacial score (nSPS) is 22.0. The van der Waals surface area contributed by atoms with Gasteiger partial charge in [-0.2, -0.15) is 0 Å². The van der Waals surface area contributed by atoms with Crippen LogP contribution in [-0.4, -0.2) is 46.9 Å². The smallest absolute Gasteiger partial charge is 0.408 e. The largest absolute Gasteiger partial charge is 0.480 e. The molecular formula is C15H27N3O5. The van der Waals surface area contributed by atoms with Crippen LogP contribution in [0.5, 0.6) is 0 Å². The lowest BCUT2D eigenvalue weighted by atomic mass is 10.0. The Morgan fingerprint density at radius 1 is 1.30 bits per heavy atom. The highest BCUT2D eigenvalue weighted by atomic mass is 16.6. The summed E-state index contributed by atoms with van der Waals surface area (Å²) in [6.45, 7) is 7.07. The van der Waals surface area contributed by atoms with E-state index >= 15 is 0 Å². The minimum atomic E-state index is -1.08. The topological polar surface area (TPSA) is 117 Å². The average molecular weight is 329 g/mol. The second-order valence-corrected chi connectivity index (χ2v) is 6.83. The Labute approximate surface area is 136 Å². The van der Waals surface area contributed by atoms with Crippen molar-refractivity contribution in [3.63, 3.8) is 0 Å². The maximum atomic E-state index is 11.6. The molecule has 0 aromatic heterocycles. The first-order valence-electron chi connectivity index (χ1n) is 7.88. The van der Waals surface area contributed by atoms with Crippen molar-refractivity contribution >= 4 is 18.1 Å². The fraction of sp³-hybridized carbons (Fsp3) is 0.800. The minimum Gasteiger partial charge on any atom is -0.480 e. The fourth-order valence-electron chi connectivity index (χ4n) is 2.38. The van der Waals surface area contributed by atoms with E-state index in [1.807, 2.05) is 6.92 Å². The molecule has 8 nitrogen and oxygen atoms in total. The van der Waals surface area contributed by atoms with Gasteiger partial charge in [0.25, 0.3) is 0 Å². The van der Waals surface area contributed by atoms with Gasteiger partial charge in [0, 0.05) is 6.04 Å². The molecule has 0 radical (unpaired) electrons. The number of carboxylic acid groups (broad SMARTS) is 1. The molecule has 0 bridgehead atoms. The van der Waals surface area contributed by atoms with Crippen LogP contribution in [0.1, 0.15) is 53.4 Å². The zero-order chi connectivity index (χ0) is 17.6. The van der Waals surface area contributed by atoms with E-state index in [0.717, 1.165) is 12.8 Å². The molecule has 1 fully saturated rings. The molecule has 4 N–H and O–H groups in total. The number of alkyl carbamates (subject to hydrolysis) is 1. The summed E-state index contributed by atoms with van der Waals surface area (Å²) in [5.41, 5.74) is -0.670.